The molecule has 130 valence electrons. The van der Waals surface area contributed by atoms with Crippen molar-refractivity contribution < 1.29 is 19.1 Å². The third-order valence-electron chi connectivity index (χ3n) is 7.87. The smallest absolute Gasteiger partial charge is 0.314 e. The molecule has 24 heavy (non-hydrogen) atoms. The number of hydrogen-bond donors (Lipinski definition) is 1. The molecule has 5 rings (SSSR count). The Hall–Kier alpha value is -1.29. The molecule has 0 unspecified atom stereocenters. The van der Waals surface area contributed by atoms with Gasteiger partial charge in [0.15, 0.2) is 0 Å². The summed E-state index contributed by atoms with van der Waals surface area (Å²) < 4.78 is 11.5. The van der Waals surface area contributed by atoms with Crippen LogP contribution < -0.4 is 0 Å². The van der Waals surface area contributed by atoms with E-state index in [9.17, 15) is 9.90 Å². The Morgan fingerprint density at radius 1 is 1.25 bits per heavy atom. The minimum Gasteiger partial charge on any atom is -0.469 e. The van der Waals surface area contributed by atoms with Crippen molar-refractivity contribution in [2.75, 3.05) is 0 Å². The molecule has 7 atom stereocenters. The van der Waals surface area contributed by atoms with Gasteiger partial charge < -0.3 is 14.3 Å². The second kappa shape index (κ2) is 4.46. The number of ether oxygens (including phenoxy) is 1. The average molecular weight is 330 g/mol. The highest BCUT2D eigenvalue weighted by atomic mass is 16.6. The average Bonchev–Trinajstić information content (AvgIpc) is 3.08. The lowest BCUT2D eigenvalue weighted by Crippen LogP contribution is -2.63. The molecule has 1 saturated heterocycles. The highest BCUT2D eigenvalue weighted by Gasteiger charge is 2.68. The lowest BCUT2D eigenvalue weighted by Gasteiger charge is -2.62. The maximum absolute atomic E-state index is 12.7. The molecule has 0 amide bonds. The molecular weight excluding hydrogens is 304 g/mol. The molecular formula is C20H26O4. The standard InChI is InChI=1S/C20H26O4/c1-19(2)6-4-7-20(3)11-9-12-10(5-8-23-12)13-14(11)16(24-18(13)22)15(21)17(19)20/h5,8,11,13-17,21H,4,6-7,9H2,1-3H3/t11-,13+,14+,15-,16+,17-,20+/m0/s1. The van der Waals surface area contributed by atoms with Crippen LogP contribution in [0.15, 0.2) is 16.7 Å². The van der Waals surface area contributed by atoms with E-state index in [0.29, 0.717) is 5.92 Å². The Morgan fingerprint density at radius 2 is 2.04 bits per heavy atom. The van der Waals surface area contributed by atoms with E-state index in [2.05, 4.69) is 20.8 Å². The first kappa shape index (κ1) is 15.0. The van der Waals surface area contributed by atoms with Crippen molar-refractivity contribution in [1.82, 2.24) is 0 Å². The van der Waals surface area contributed by atoms with Crippen molar-refractivity contribution in [1.29, 1.82) is 0 Å². The Balaban J connectivity index is 1.69. The van der Waals surface area contributed by atoms with E-state index in [1.54, 1.807) is 6.26 Å². The van der Waals surface area contributed by atoms with Crippen LogP contribution in [0.4, 0.5) is 0 Å². The summed E-state index contributed by atoms with van der Waals surface area (Å²) in [6, 6.07) is 1.92. The molecule has 1 aromatic heterocycles. The van der Waals surface area contributed by atoms with Gasteiger partial charge in [0.1, 0.15) is 11.9 Å². The zero-order valence-electron chi connectivity index (χ0n) is 14.6. The first-order valence-corrected chi connectivity index (χ1v) is 9.29. The molecule has 4 heteroatoms. The number of aliphatic hydroxyl groups excluding tert-OH is 1. The summed E-state index contributed by atoms with van der Waals surface area (Å²) in [6.45, 7) is 6.89. The van der Waals surface area contributed by atoms with E-state index in [1.165, 1.54) is 6.42 Å². The molecule has 4 nitrogen and oxygen atoms in total. The van der Waals surface area contributed by atoms with E-state index >= 15 is 0 Å². The third kappa shape index (κ3) is 1.61. The molecule has 3 aliphatic carbocycles. The van der Waals surface area contributed by atoms with E-state index in [1.807, 2.05) is 6.07 Å². The number of carbonyl (C=O) groups excluding carboxylic acids is 1. The quantitative estimate of drug-likeness (QED) is 0.742. The Morgan fingerprint density at radius 3 is 2.83 bits per heavy atom. The molecule has 0 radical (unpaired) electrons. The van der Waals surface area contributed by atoms with Crippen LogP contribution >= 0.6 is 0 Å². The summed E-state index contributed by atoms with van der Waals surface area (Å²) in [5, 5.41) is 11.2. The first-order valence-electron chi connectivity index (χ1n) is 9.29. The fraction of sp³-hybridized carbons (Fsp3) is 0.750. The number of furan rings is 1. The topological polar surface area (TPSA) is 59.7 Å². The third-order valence-corrected chi connectivity index (χ3v) is 7.87. The monoisotopic (exact) mass is 330 g/mol. The van der Waals surface area contributed by atoms with Crippen LogP contribution in [0.2, 0.25) is 0 Å². The Kier molecular flexibility index (Phi) is 2.79. The summed E-state index contributed by atoms with van der Waals surface area (Å²) >= 11 is 0. The van der Waals surface area contributed by atoms with Crippen LogP contribution in [0.1, 0.15) is 57.3 Å². The highest BCUT2D eigenvalue weighted by Crippen LogP contribution is 2.66. The van der Waals surface area contributed by atoms with Crippen LogP contribution in [0, 0.1) is 28.6 Å². The number of fused-ring (bicyclic) bond motifs is 4. The Bertz CT molecular complexity index is 704. The van der Waals surface area contributed by atoms with Crippen molar-refractivity contribution in [2.45, 2.75) is 64.6 Å². The summed E-state index contributed by atoms with van der Waals surface area (Å²) in [7, 11) is 0. The van der Waals surface area contributed by atoms with Crippen molar-refractivity contribution in [3.05, 3.63) is 23.7 Å². The van der Waals surface area contributed by atoms with Gasteiger partial charge in [-0.05, 0) is 41.6 Å². The van der Waals surface area contributed by atoms with Crippen molar-refractivity contribution in [2.24, 2.45) is 28.6 Å². The molecule has 2 heterocycles. The molecule has 1 N–H and O–H groups in total. The predicted octanol–water partition coefficient (Wildman–Crippen LogP) is 3.28. The minimum absolute atomic E-state index is 0.0268. The largest absolute Gasteiger partial charge is 0.469 e. The normalized spacial score (nSPS) is 48.2. The molecule has 0 bridgehead atoms. The van der Waals surface area contributed by atoms with Crippen LogP contribution in [-0.2, 0) is 16.0 Å². The summed E-state index contributed by atoms with van der Waals surface area (Å²) in [6.07, 6.45) is 5.07. The number of rotatable bonds is 0. The minimum atomic E-state index is -0.561. The Labute approximate surface area is 142 Å². The number of carbonyl (C=O) groups is 1. The van der Waals surface area contributed by atoms with Gasteiger partial charge in [0.2, 0.25) is 0 Å². The fourth-order valence-corrected chi connectivity index (χ4v) is 7.11. The summed E-state index contributed by atoms with van der Waals surface area (Å²) in [4.78, 5) is 12.7. The molecule has 0 spiro atoms. The van der Waals surface area contributed by atoms with Gasteiger partial charge in [0, 0.05) is 17.9 Å². The van der Waals surface area contributed by atoms with Crippen LogP contribution in [0.5, 0.6) is 0 Å². The van der Waals surface area contributed by atoms with E-state index in [-0.39, 0.29) is 40.7 Å². The molecule has 2 saturated carbocycles. The van der Waals surface area contributed by atoms with Gasteiger partial charge in [-0.25, -0.2) is 0 Å². The maximum atomic E-state index is 12.7. The number of aliphatic hydroxyl groups is 1. The fourth-order valence-electron chi connectivity index (χ4n) is 7.11. The van der Waals surface area contributed by atoms with Gasteiger partial charge in [0.25, 0.3) is 0 Å². The summed E-state index contributed by atoms with van der Waals surface area (Å²) in [5.41, 5.74) is 1.08. The maximum Gasteiger partial charge on any atom is 0.314 e. The molecule has 1 aliphatic heterocycles. The van der Waals surface area contributed by atoms with Gasteiger partial charge in [0.05, 0.1) is 18.3 Å². The number of hydrogen-bond acceptors (Lipinski definition) is 4. The summed E-state index contributed by atoms with van der Waals surface area (Å²) in [5.74, 6) is 1.13. The number of esters is 1. The van der Waals surface area contributed by atoms with Gasteiger partial charge in [-0.3, -0.25) is 4.79 Å². The zero-order chi connectivity index (χ0) is 16.9. The van der Waals surface area contributed by atoms with Crippen LogP contribution in [0.25, 0.3) is 0 Å². The lowest BCUT2D eigenvalue weighted by molar-refractivity contribution is -0.203. The van der Waals surface area contributed by atoms with Crippen LogP contribution in [-0.4, -0.2) is 23.3 Å². The second-order valence-corrected chi connectivity index (χ2v) is 9.38. The van der Waals surface area contributed by atoms with Crippen molar-refractivity contribution >= 4 is 5.97 Å². The molecule has 4 aliphatic rings. The lowest BCUT2D eigenvalue weighted by atomic mass is 9.42. The van der Waals surface area contributed by atoms with E-state index < -0.39 is 6.10 Å². The zero-order valence-corrected chi connectivity index (χ0v) is 14.6. The van der Waals surface area contributed by atoms with Crippen molar-refractivity contribution in [3.63, 3.8) is 0 Å². The first-order chi connectivity index (χ1) is 11.3. The van der Waals surface area contributed by atoms with Gasteiger partial charge in [-0.15, -0.1) is 0 Å². The predicted molar refractivity (Wildman–Crippen MR) is 87.2 cm³/mol. The van der Waals surface area contributed by atoms with Crippen LogP contribution in [0.3, 0.4) is 0 Å². The SMILES string of the molecule is CC1(C)CCC[C@]2(C)[C@H]3Cc4occc4[C@H]4C(=O)O[C@@H]([C@H](O)[C@@H]12)[C@@H]43. The van der Waals surface area contributed by atoms with E-state index in [4.69, 9.17) is 9.15 Å². The molecule has 3 fully saturated rings. The highest BCUT2D eigenvalue weighted by molar-refractivity contribution is 5.82. The van der Waals surface area contributed by atoms with E-state index in [0.717, 1.165) is 30.6 Å². The van der Waals surface area contributed by atoms with Gasteiger partial charge in [-0.2, -0.15) is 0 Å². The molecule has 1 aromatic rings. The molecule has 0 aromatic carbocycles. The van der Waals surface area contributed by atoms with Gasteiger partial charge >= 0.3 is 5.97 Å². The van der Waals surface area contributed by atoms with Gasteiger partial charge in [-0.1, -0.05) is 27.2 Å². The second-order valence-electron chi connectivity index (χ2n) is 9.38. The van der Waals surface area contributed by atoms with Crippen molar-refractivity contribution in [3.8, 4) is 0 Å².